The molecule has 0 radical (unpaired) electrons. The monoisotopic (exact) mass is 392 g/mol. The van der Waals surface area contributed by atoms with Crippen LogP contribution in [-0.4, -0.2) is 41.3 Å². The van der Waals surface area contributed by atoms with Gasteiger partial charge in [0.2, 0.25) is 0 Å². The van der Waals surface area contributed by atoms with E-state index in [1.807, 2.05) is 11.1 Å². The van der Waals surface area contributed by atoms with Crippen molar-refractivity contribution in [2.45, 2.75) is 25.2 Å². The first-order valence-corrected chi connectivity index (χ1v) is 9.92. The third kappa shape index (κ3) is 3.28. The molecule has 2 aliphatic rings. The van der Waals surface area contributed by atoms with E-state index in [0.717, 1.165) is 34.9 Å². The minimum atomic E-state index is -0.235. The summed E-state index contributed by atoms with van der Waals surface area (Å²) >= 11 is 0. The number of aromatic nitrogens is 1. The summed E-state index contributed by atoms with van der Waals surface area (Å²) < 4.78 is 19.1. The molecule has 5 rings (SSSR count). The van der Waals surface area contributed by atoms with Crippen molar-refractivity contribution in [1.82, 2.24) is 9.88 Å². The van der Waals surface area contributed by atoms with Gasteiger partial charge in [0.1, 0.15) is 18.2 Å². The molecule has 0 bridgehead atoms. The highest BCUT2D eigenvalue weighted by Crippen LogP contribution is 2.34. The maximum atomic E-state index is 13.7. The summed E-state index contributed by atoms with van der Waals surface area (Å²) in [5.74, 6) is 0.753. The van der Waals surface area contributed by atoms with E-state index in [4.69, 9.17) is 4.74 Å². The average Bonchev–Trinajstić information content (AvgIpc) is 3.16. The van der Waals surface area contributed by atoms with Crippen molar-refractivity contribution >= 4 is 22.6 Å². The third-order valence-electron chi connectivity index (χ3n) is 5.98. The number of carbonyl (C=O) groups is 2. The predicted molar refractivity (Wildman–Crippen MR) is 107 cm³/mol. The fraction of sp³-hybridized carbons (Fsp3) is 0.304. The molecule has 1 aromatic heterocycles. The number of ether oxygens (including phenoxy) is 1. The number of Topliss-reactive ketones (excluding diaryl/α,β-unsaturated/α-hetero) is 1. The molecule has 3 heterocycles. The van der Waals surface area contributed by atoms with Gasteiger partial charge in [-0.05, 0) is 60.7 Å². The first-order chi connectivity index (χ1) is 14.1. The SMILES string of the molecule is O=C1COc2ccc(C(=O)N3CCC(c4c[nH]c5ccc(F)cc45)CC3)cc2C1. The second-order valence-electron chi connectivity index (χ2n) is 7.83. The summed E-state index contributed by atoms with van der Waals surface area (Å²) in [5.41, 5.74) is 3.43. The van der Waals surface area contributed by atoms with Gasteiger partial charge in [-0.1, -0.05) is 0 Å². The molecule has 0 aliphatic carbocycles. The number of piperidine rings is 1. The first kappa shape index (κ1) is 17.9. The van der Waals surface area contributed by atoms with Gasteiger partial charge in [0.05, 0.1) is 0 Å². The Bertz CT molecular complexity index is 1110. The van der Waals surface area contributed by atoms with Crippen LogP contribution in [-0.2, 0) is 11.2 Å². The largest absolute Gasteiger partial charge is 0.486 e. The molecular formula is C23H21FN2O3. The number of nitrogens with zero attached hydrogens (tertiary/aromatic N) is 1. The normalized spacial score (nSPS) is 17.3. The summed E-state index contributed by atoms with van der Waals surface area (Å²) in [6.45, 7) is 1.40. The van der Waals surface area contributed by atoms with Crippen LogP contribution in [0, 0.1) is 5.82 Å². The van der Waals surface area contributed by atoms with Crippen LogP contribution in [0.1, 0.15) is 40.2 Å². The van der Waals surface area contributed by atoms with Crippen molar-refractivity contribution in [3.05, 3.63) is 65.1 Å². The van der Waals surface area contributed by atoms with Crippen LogP contribution in [0.2, 0.25) is 0 Å². The summed E-state index contributed by atoms with van der Waals surface area (Å²) in [7, 11) is 0. The van der Waals surface area contributed by atoms with Crippen molar-refractivity contribution in [3.63, 3.8) is 0 Å². The lowest BCUT2D eigenvalue weighted by Crippen LogP contribution is -2.38. The second kappa shape index (κ2) is 7.03. The molecule has 5 nitrogen and oxygen atoms in total. The quantitative estimate of drug-likeness (QED) is 0.721. The predicted octanol–water partition coefficient (Wildman–Crippen LogP) is 3.83. The number of hydrogen-bond donors (Lipinski definition) is 1. The number of H-pyrrole nitrogens is 1. The van der Waals surface area contributed by atoms with Crippen LogP contribution in [0.4, 0.5) is 4.39 Å². The van der Waals surface area contributed by atoms with Crippen LogP contribution in [0.25, 0.3) is 10.9 Å². The van der Waals surface area contributed by atoms with Crippen LogP contribution >= 0.6 is 0 Å². The molecular weight excluding hydrogens is 371 g/mol. The van der Waals surface area contributed by atoms with E-state index in [1.165, 1.54) is 6.07 Å². The third-order valence-corrected chi connectivity index (χ3v) is 5.98. The molecule has 1 N–H and O–H groups in total. The molecule has 148 valence electrons. The fourth-order valence-corrected chi connectivity index (χ4v) is 4.44. The summed E-state index contributed by atoms with van der Waals surface area (Å²) in [6.07, 6.45) is 3.95. The van der Waals surface area contributed by atoms with Crippen LogP contribution in [0.5, 0.6) is 5.75 Å². The van der Waals surface area contributed by atoms with Crippen molar-refractivity contribution < 1.29 is 18.7 Å². The first-order valence-electron chi connectivity index (χ1n) is 9.92. The van der Waals surface area contributed by atoms with Gasteiger partial charge in [-0.3, -0.25) is 9.59 Å². The number of ketones is 1. The summed E-state index contributed by atoms with van der Waals surface area (Å²) in [5, 5.41) is 0.925. The zero-order valence-electron chi connectivity index (χ0n) is 15.9. The van der Waals surface area contributed by atoms with Gasteiger partial charge in [0.15, 0.2) is 5.78 Å². The Hall–Kier alpha value is -3.15. The molecule has 2 aromatic carbocycles. The second-order valence-corrected chi connectivity index (χ2v) is 7.83. The number of likely N-dealkylation sites (tertiary alicyclic amines) is 1. The van der Waals surface area contributed by atoms with Gasteiger partial charge >= 0.3 is 0 Å². The van der Waals surface area contributed by atoms with Gasteiger partial charge in [-0.15, -0.1) is 0 Å². The van der Waals surface area contributed by atoms with Crippen molar-refractivity contribution in [3.8, 4) is 5.75 Å². The molecule has 0 saturated carbocycles. The van der Waals surface area contributed by atoms with Crippen LogP contribution < -0.4 is 4.74 Å². The van der Waals surface area contributed by atoms with E-state index in [2.05, 4.69) is 4.98 Å². The van der Waals surface area contributed by atoms with Gasteiger partial charge in [-0.25, -0.2) is 4.39 Å². The minimum absolute atomic E-state index is 0.0192. The molecule has 1 amide bonds. The van der Waals surface area contributed by atoms with E-state index >= 15 is 0 Å². The van der Waals surface area contributed by atoms with Crippen molar-refractivity contribution in [2.24, 2.45) is 0 Å². The molecule has 2 aliphatic heterocycles. The molecule has 3 aromatic rings. The zero-order chi connectivity index (χ0) is 20.0. The Morgan fingerprint density at radius 1 is 1.14 bits per heavy atom. The van der Waals surface area contributed by atoms with Crippen molar-refractivity contribution in [2.75, 3.05) is 19.7 Å². The van der Waals surface area contributed by atoms with E-state index in [-0.39, 0.29) is 24.1 Å². The highest BCUT2D eigenvalue weighted by atomic mass is 19.1. The number of aromatic amines is 1. The maximum absolute atomic E-state index is 13.7. The van der Waals surface area contributed by atoms with Gasteiger partial charge in [0.25, 0.3) is 5.91 Å². The summed E-state index contributed by atoms with van der Waals surface area (Å²) in [6, 6.07) is 10.1. The van der Waals surface area contributed by atoms with Gasteiger partial charge < -0.3 is 14.6 Å². The van der Waals surface area contributed by atoms with E-state index in [9.17, 15) is 14.0 Å². The van der Waals surface area contributed by atoms with E-state index < -0.39 is 0 Å². The number of amides is 1. The number of rotatable bonds is 2. The smallest absolute Gasteiger partial charge is 0.253 e. The highest BCUT2D eigenvalue weighted by molar-refractivity contribution is 5.95. The maximum Gasteiger partial charge on any atom is 0.253 e. The Kier molecular flexibility index (Phi) is 4.34. The molecule has 0 spiro atoms. The molecule has 0 atom stereocenters. The number of hydrogen-bond acceptors (Lipinski definition) is 3. The molecule has 6 heteroatoms. The topological polar surface area (TPSA) is 62.4 Å². The number of halogens is 1. The fourth-order valence-electron chi connectivity index (χ4n) is 4.44. The Balaban J connectivity index is 1.30. The molecule has 29 heavy (non-hydrogen) atoms. The lowest BCUT2D eigenvalue weighted by atomic mass is 9.89. The number of benzene rings is 2. The highest BCUT2D eigenvalue weighted by Gasteiger charge is 2.27. The van der Waals surface area contributed by atoms with E-state index in [1.54, 1.807) is 30.3 Å². The lowest BCUT2D eigenvalue weighted by molar-refractivity contribution is -0.121. The Labute approximate surface area is 167 Å². The van der Waals surface area contributed by atoms with Gasteiger partial charge in [-0.2, -0.15) is 0 Å². The Morgan fingerprint density at radius 2 is 1.97 bits per heavy atom. The van der Waals surface area contributed by atoms with Crippen LogP contribution in [0.15, 0.2) is 42.6 Å². The number of nitrogens with one attached hydrogen (secondary N) is 1. The molecule has 1 fully saturated rings. The van der Waals surface area contributed by atoms with Crippen molar-refractivity contribution in [1.29, 1.82) is 0 Å². The van der Waals surface area contributed by atoms with Gasteiger partial charge in [0, 0.05) is 47.7 Å². The average molecular weight is 392 g/mol. The number of carbonyl (C=O) groups excluding carboxylic acids is 2. The number of fused-ring (bicyclic) bond motifs is 2. The lowest BCUT2D eigenvalue weighted by Gasteiger charge is -2.32. The Morgan fingerprint density at radius 3 is 2.79 bits per heavy atom. The molecule has 0 unspecified atom stereocenters. The molecule has 1 saturated heterocycles. The van der Waals surface area contributed by atoms with E-state index in [0.29, 0.717) is 36.7 Å². The zero-order valence-corrected chi connectivity index (χ0v) is 15.9. The summed E-state index contributed by atoms with van der Waals surface area (Å²) in [4.78, 5) is 29.7. The van der Waals surface area contributed by atoms with Crippen LogP contribution in [0.3, 0.4) is 0 Å². The minimum Gasteiger partial charge on any atom is -0.486 e. The standard InChI is InChI=1S/C23H21FN2O3/c24-17-2-3-21-19(11-17)20(12-25-21)14-5-7-26(8-6-14)23(28)15-1-4-22-16(9-15)10-18(27)13-29-22/h1-4,9,11-12,14,25H,5-8,10,13H2.